The largest absolute Gasteiger partial charge is 0.329 e. The first-order chi connectivity index (χ1) is 9.61. The number of amides is 2. The zero-order valence-corrected chi connectivity index (χ0v) is 12.7. The number of rotatable bonds is 2. The van der Waals surface area contributed by atoms with Crippen LogP contribution in [0.1, 0.15) is 44.7 Å². The van der Waals surface area contributed by atoms with Crippen LogP contribution >= 0.6 is 11.3 Å². The lowest BCUT2D eigenvalue weighted by Crippen LogP contribution is -2.65. The summed E-state index contributed by atoms with van der Waals surface area (Å²) in [4.78, 5) is 28.9. The van der Waals surface area contributed by atoms with Gasteiger partial charge in [0, 0.05) is 6.54 Å². The van der Waals surface area contributed by atoms with E-state index in [0.717, 1.165) is 31.4 Å². The molecule has 0 N–H and O–H groups in total. The fourth-order valence-corrected chi connectivity index (χ4v) is 4.12. The molecule has 3 atom stereocenters. The van der Waals surface area contributed by atoms with Crippen LogP contribution in [0.2, 0.25) is 0 Å². The lowest BCUT2D eigenvalue weighted by atomic mass is 9.94. The zero-order valence-electron chi connectivity index (χ0n) is 11.9. The van der Waals surface area contributed by atoms with Gasteiger partial charge in [-0.2, -0.15) is 11.3 Å². The van der Waals surface area contributed by atoms with E-state index in [1.165, 1.54) is 0 Å². The van der Waals surface area contributed by atoms with Gasteiger partial charge >= 0.3 is 0 Å². The summed E-state index contributed by atoms with van der Waals surface area (Å²) < 4.78 is 0. The predicted molar refractivity (Wildman–Crippen MR) is 78.4 cm³/mol. The van der Waals surface area contributed by atoms with Crippen molar-refractivity contribution in [1.29, 1.82) is 0 Å². The van der Waals surface area contributed by atoms with Crippen LogP contribution in [-0.4, -0.2) is 40.2 Å². The van der Waals surface area contributed by atoms with Crippen molar-refractivity contribution in [2.45, 2.75) is 51.2 Å². The van der Waals surface area contributed by atoms with E-state index in [4.69, 9.17) is 0 Å². The molecule has 0 aromatic carbocycles. The highest BCUT2D eigenvalue weighted by atomic mass is 32.1. The second-order valence-corrected chi connectivity index (χ2v) is 6.48. The third-order valence-electron chi connectivity index (χ3n) is 4.54. The summed E-state index contributed by atoms with van der Waals surface area (Å²) in [5.41, 5.74) is 1.12. The predicted octanol–water partition coefficient (Wildman–Crippen LogP) is 2.42. The standard InChI is InChI=1S/C15H20N2O2S/c1-10(12-6-8-20-9-12)17-11(2)14(18)16-7-4-3-5-13(16)15(17)19/h6,8-11,13H,3-5,7H2,1-2H3. The van der Waals surface area contributed by atoms with Crippen molar-refractivity contribution >= 4 is 23.2 Å². The third kappa shape index (κ3) is 2.04. The molecule has 2 amide bonds. The first kappa shape index (κ1) is 13.6. The van der Waals surface area contributed by atoms with E-state index in [1.54, 1.807) is 21.1 Å². The van der Waals surface area contributed by atoms with Gasteiger partial charge in [0.2, 0.25) is 11.8 Å². The van der Waals surface area contributed by atoms with E-state index >= 15 is 0 Å². The summed E-state index contributed by atoms with van der Waals surface area (Å²) in [6, 6.07) is 1.42. The fraction of sp³-hybridized carbons (Fsp3) is 0.600. The first-order valence-electron chi connectivity index (χ1n) is 7.26. The van der Waals surface area contributed by atoms with E-state index in [9.17, 15) is 9.59 Å². The molecule has 4 nitrogen and oxygen atoms in total. The van der Waals surface area contributed by atoms with Gasteiger partial charge in [-0.25, -0.2) is 0 Å². The maximum atomic E-state index is 12.8. The van der Waals surface area contributed by atoms with Gasteiger partial charge in [-0.05, 0) is 55.5 Å². The molecule has 3 heterocycles. The van der Waals surface area contributed by atoms with Crippen molar-refractivity contribution < 1.29 is 9.59 Å². The molecule has 108 valence electrons. The molecule has 0 bridgehead atoms. The van der Waals surface area contributed by atoms with Crippen LogP contribution in [0, 0.1) is 0 Å². The highest BCUT2D eigenvalue weighted by Crippen LogP contribution is 2.32. The Bertz CT molecular complexity index is 514. The molecule has 0 spiro atoms. The maximum absolute atomic E-state index is 12.8. The Hall–Kier alpha value is -1.36. The molecule has 0 radical (unpaired) electrons. The second kappa shape index (κ2) is 5.20. The number of fused-ring (bicyclic) bond motifs is 1. The third-order valence-corrected chi connectivity index (χ3v) is 5.24. The van der Waals surface area contributed by atoms with Gasteiger partial charge in [0.15, 0.2) is 0 Å². The second-order valence-electron chi connectivity index (χ2n) is 5.70. The van der Waals surface area contributed by atoms with Gasteiger partial charge in [0.05, 0.1) is 6.04 Å². The smallest absolute Gasteiger partial charge is 0.246 e. The van der Waals surface area contributed by atoms with Crippen molar-refractivity contribution in [2.75, 3.05) is 6.54 Å². The molecule has 2 aliphatic rings. The quantitative estimate of drug-likeness (QED) is 0.840. The zero-order chi connectivity index (χ0) is 14.3. The Labute approximate surface area is 123 Å². The molecule has 0 aliphatic carbocycles. The Morgan fingerprint density at radius 3 is 2.80 bits per heavy atom. The van der Waals surface area contributed by atoms with Gasteiger partial charge in [-0.15, -0.1) is 0 Å². The number of nitrogens with zero attached hydrogens (tertiary/aromatic N) is 2. The summed E-state index contributed by atoms with van der Waals surface area (Å²) in [5, 5.41) is 4.07. The van der Waals surface area contributed by atoms with Crippen LogP contribution in [0.15, 0.2) is 16.8 Å². The van der Waals surface area contributed by atoms with Crippen LogP contribution in [-0.2, 0) is 9.59 Å². The van der Waals surface area contributed by atoms with E-state index in [0.29, 0.717) is 0 Å². The molecular weight excluding hydrogens is 272 g/mol. The number of piperazine rings is 1. The minimum absolute atomic E-state index is 0.0308. The summed E-state index contributed by atoms with van der Waals surface area (Å²) in [6.07, 6.45) is 2.86. The molecule has 1 aromatic rings. The van der Waals surface area contributed by atoms with Gasteiger partial charge in [-0.3, -0.25) is 9.59 Å². The van der Waals surface area contributed by atoms with Crippen LogP contribution in [0.4, 0.5) is 0 Å². The van der Waals surface area contributed by atoms with E-state index in [-0.39, 0.29) is 29.9 Å². The van der Waals surface area contributed by atoms with E-state index in [1.807, 2.05) is 25.3 Å². The van der Waals surface area contributed by atoms with Crippen molar-refractivity contribution in [2.24, 2.45) is 0 Å². The minimum Gasteiger partial charge on any atom is -0.329 e. The molecule has 3 rings (SSSR count). The van der Waals surface area contributed by atoms with Crippen LogP contribution < -0.4 is 0 Å². The molecule has 20 heavy (non-hydrogen) atoms. The highest BCUT2D eigenvalue weighted by molar-refractivity contribution is 7.07. The number of thiophene rings is 1. The molecule has 2 saturated heterocycles. The van der Waals surface area contributed by atoms with Crippen molar-refractivity contribution in [1.82, 2.24) is 9.80 Å². The Kier molecular flexibility index (Phi) is 3.54. The van der Waals surface area contributed by atoms with Gasteiger partial charge in [-0.1, -0.05) is 0 Å². The normalized spacial score (nSPS) is 28.5. The van der Waals surface area contributed by atoms with Gasteiger partial charge < -0.3 is 9.80 Å². The summed E-state index contributed by atoms with van der Waals surface area (Å²) in [5.74, 6) is 0.229. The number of carbonyl (C=O) groups is 2. The summed E-state index contributed by atoms with van der Waals surface area (Å²) in [6.45, 7) is 4.61. The Morgan fingerprint density at radius 2 is 2.10 bits per heavy atom. The minimum atomic E-state index is -0.355. The van der Waals surface area contributed by atoms with Crippen molar-refractivity contribution in [3.63, 3.8) is 0 Å². The molecule has 5 heteroatoms. The number of hydrogen-bond donors (Lipinski definition) is 0. The number of hydrogen-bond acceptors (Lipinski definition) is 3. The van der Waals surface area contributed by atoms with E-state index in [2.05, 4.69) is 5.38 Å². The molecule has 2 aliphatic heterocycles. The first-order valence-corrected chi connectivity index (χ1v) is 8.20. The topological polar surface area (TPSA) is 40.6 Å². The van der Waals surface area contributed by atoms with Crippen LogP contribution in [0.5, 0.6) is 0 Å². The lowest BCUT2D eigenvalue weighted by molar-refractivity contribution is -0.165. The van der Waals surface area contributed by atoms with Crippen molar-refractivity contribution in [3.8, 4) is 0 Å². The van der Waals surface area contributed by atoms with Gasteiger partial charge in [0.1, 0.15) is 12.1 Å². The fourth-order valence-electron chi connectivity index (χ4n) is 3.37. The SMILES string of the molecule is CC1C(=O)N2CCCCC2C(=O)N1C(C)c1ccsc1. The Balaban J connectivity index is 1.90. The van der Waals surface area contributed by atoms with Crippen LogP contribution in [0.25, 0.3) is 0 Å². The lowest BCUT2D eigenvalue weighted by Gasteiger charge is -2.48. The molecular formula is C15H20N2O2S. The molecule has 2 fully saturated rings. The summed E-state index contributed by atoms with van der Waals surface area (Å²) in [7, 11) is 0. The number of carbonyl (C=O) groups excluding carboxylic acids is 2. The van der Waals surface area contributed by atoms with Crippen LogP contribution in [0.3, 0.4) is 0 Å². The average molecular weight is 292 g/mol. The van der Waals surface area contributed by atoms with E-state index < -0.39 is 0 Å². The number of piperidine rings is 1. The highest BCUT2D eigenvalue weighted by Gasteiger charge is 2.46. The molecule has 1 aromatic heterocycles. The average Bonchev–Trinajstić information content (AvgIpc) is 2.99. The molecule has 3 unspecified atom stereocenters. The van der Waals surface area contributed by atoms with Crippen molar-refractivity contribution in [3.05, 3.63) is 22.4 Å². The molecule has 0 saturated carbocycles. The Morgan fingerprint density at radius 1 is 1.30 bits per heavy atom. The van der Waals surface area contributed by atoms with Gasteiger partial charge in [0.25, 0.3) is 0 Å². The monoisotopic (exact) mass is 292 g/mol. The summed E-state index contributed by atoms with van der Waals surface area (Å²) >= 11 is 1.62. The maximum Gasteiger partial charge on any atom is 0.246 e.